The summed E-state index contributed by atoms with van der Waals surface area (Å²) in [7, 11) is 0. The molecule has 2 aromatic heterocycles. The van der Waals surface area contributed by atoms with Crippen LogP contribution in [0.25, 0.3) is 11.3 Å². The molecule has 0 atom stereocenters. The fourth-order valence-electron chi connectivity index (χ4n) is 1.92. The summed E-state index contributed by atoms with van der Waals surface area (Å²) in [6, 6.07) is 7.56. The summed E-state index contributed by atoms with van der Waals surface area (Å²) >= 11 is 11.9. The lowest BCUT2D eigenvalue weighted by Crippen LogP contribution is -1.88. The molecule has 0 aliphatic heterocycles. The van der Waals surface area contributed by atoms with Crippen molar-refractivity contribution in [3.05, 3.63) is 64.3 Å². The van der Waals surface area contributed by atoms with Gasteiger partial charge in [0.1, 0.15) is 5.82 Å². The third-order valence-corrected chi connectivity index (χ3v) is 3.63. The molecule has 3 rings (SSSR count). The summed E-state index contributed by atoms with van der Waals surface area (Å²) in [6.45, 7) is 0. The summed E-state index contributed by atoms with van der Waals surface area (Å²) in [4.78, 5) is 10.7. The molecule has 19 heavy (non-hydrogen) atoms. The van der Waals surface area contributed by atoms with Gasteiger partial charge in [0.2, 0.25) is 0 Å². The first-order valence-corrected chi connectivity index (χ1v) is 6.59. The number of imidazole rings is 1. The van der Waals surface area contributed by atoms with Crippen molar-refractivity contribution in [3.8, 4) is 11.3 Å². The molecule has 2 heterocycles. The molecule has 0 aliphatic carbocycles. The van der Waals surface area contributed by atoms with Crippen LogP contribution in [0.15, 0.2) is 42.9 Å². The van der Waals surface area contributed by atoms with Crippen LogP contribution in [-0.2, 0) is 6.42 Å². The zero-order chi connectivity index (χ0) is 13.2. The first kappa shape index (κ1) is 12.3. The second-order valence-electron chi connectivity index (χ2n) is 4.27. The summed E-state index contributed by atoms with van der Waals surface area (Å²) < 4.78 is 0. The highest BCUT2D eigenvalue weighted by Crippen LogP contribution is 2.27. The van der Waals surface area contributed by atoms with Crippen LogP contribution < -0.4 is 0 Å². The minimum atomic E-state index is 0.543. The summed E-state index contributed by atoms with van der Waals surface area (Å²) in [6.07, 6.45) is 6.44. The molecule has 0 unspecified atom stereocenters. The van der Waals surface area contributed by atoms with E-state index in [4.69, 9.17) is 23.2 Å². The largest absolute Gasteiger partial charge is 0.367 e. The Bertz CT molecular complexity index is 687. The van der Waals surface area contributed by atoms with Crippen molar-refractivity contribution >= 4 is 23.2 Å². The van der Waals surface area contributed by atoms with E-state index in [1.165, 1.54) is 5.56 Å². The maximum Gasteiger partial charge on any atom is 0.110 e. The number of nitrogens with zero attached hydrogens (tertiary/aromatic N) is 1. The average molecular weight is 292 g/mol. The van der Waals surface area contributed by atoms with Crippen LogP contribution in [0.2, 0.25) is 10.0 Å². The van der Waals surface area contributed by atoms with E-state index in [9.17, 15) is 0 Å². The topological polar surface area (TPSA) is 44.5 Å². The van der Waals surface area contributed by atoms with Gasteiger partial charge in [-0.15, -0.1) is 0 Å². The van der Waals surface area contributed by atoms with Gasteiger partial charge in [-0.05, 0) is 23.8 Å². The summed E-state index contributed by atoms with van der Waals surface area (Å²) in [5.74, 6) is 0.917. The third-order valence-electron chi connectivity index (χ3n) is 2.89. The predicted molar refractivity (Wildman–Crippen MR) is 77.6 cm³/mol. The van der Waals surface area contributed by atoms with E-state index in [1.54, 1.807) is 6.07 Å². The lowest BCUT2D eigenvalue weighted by Gasteiger charge is -2.00. The Morgan fingerprint density at radius 1 is 1.11 bits per heavy atom. The molecule has 3 nitrogen and oxygen atoms in total. The fraction of sp³-hybridized carbons (Fsp3) is 0.0714. The van der Waals surface area contributed by atoms with E-state index >= 15 is 0 Å². The maximum absolute atomic E-state index is 6.02. The van der Waals surface area contributed by atoms with Crippen LogP contribution in [0, 0.1) is 0 Å². The lowest BCUT2D eigenvalue weighted by atomic mass is 10.2. The Morgan fingerprint density at radius 3 is 2.74 bits per heavy atom. The minimum absolute atomic E-state index is 0.543. The van der Waals surface area contributed by atoms with Crippen molar-refractivity contribution in [3.63, 3.8) is 0 Å². The average Bonchev–Trinajstić information content (AvgIpc) is 3.05. The van der Waals surface area contributed by atoms with Crippen LogP contribution in [0.5, 0.6) is 0 Å². The van der Waals surface area contributed by atoms with E-state index in [-0.39, 0.29) is 0 Å². The van der Waals surface area contributed by atoms with Gasteiger partial charge in [-0.25, -0.2) is 4.98 Å². The van der Waals surface area contributed by atoms with Gasteiger partial charge in [0.25, 0.3) is 0 Å². The number of rotatable bonds is 3. The quantitative estimate of drug-likeness (QED) is 0.742. The molecule has 1 aromatic carbocycles. The first-order valence-electron chi connectivity index (χ1n) is 5.83. The number of hydrogen-bond acceptors (Lipinski definition) is 1. The predicted octanol–water partition coefficient (Wildman–Crippen LogP) is 4.30. The number of halogens is 2. The number of nitrogens with one attached hydrogen (secondary N) is 2. The highest BCUT2D eigenvalue weighted by atomic mass is 35.5. The van der Waals surface area contributed by atoms with Gasteiger partial charge in [0.15, 0.2) is 0 Å². The zero-order valence-electron chi connectivity index (χ0n) is 9.95. The van der Waals surface area contributed by atoms with Gasteiger partial charge in [-0.1, -0.05) is 29.3 Å². The van der Waals surface area contributed by atoms with E-state index in [2.05, 4.69) is 15.0 Å². The molecule has 0 spiro atoms. The van der Waals surface area contributed by atoms with Crippen LogP contribution in [0.4, 0.5) is 0 Å². The van der Waals surface area contributed by atoms with Crippen LogP contribution in [-0.4, -0.2) is 15.0 Å². The molecule has 0 radical (unpaired) electrons. The molecule has 0 saturated heterocycles. The van der Waals surface area contributed by atoms with Crippen molar-refractivity contribution in [2.75, 3.05) is 0 Å². The van der Waals surface area contributed by atoms with Gasteiger partial charge >= 0.3 is 0 Å². The smallest absolute Gasteiger partial charge is 0.110 e. The van der Waals surface area contributed by atoms with Crippen molar-refractivity contribution in [1.29, 1.82) is 0 Å². The zero-order valence-corrected chi connectivity index (χ0v) is 11.5. The van der Waals surface area contributed by atoms with Crippen LogP contribution >= 0.6 is 23.2 Å². The number of aromatic nitrogens is 3. The van der Waals surface area contributed by atoms with Crippen LogP contribution in [0.3, 0.4) is 0 Å². The number of aromatic amines is 2. The SMILES string of the molecule is Clc1ccc(-c2cnc(Cc3cc[nH]c3)[nH]2)cc1Cl. The summed E-state index contributed by atoms with van der Waals surface area (Å²) in [5, 5.41) is 1.10. The standard InChI is InChI=1S/C14H11Cl2N3/c15-11-2-1-10(6-12(11)16)13-8-18-14(19-13)5-9-3-4-17-7-9/h1-4,6-8,17H,5H2,(H,18,19). The molecule has 96 valence electrons. The van der Waals surface area contributed by atoms with Crippen molar-refractivity contribution in [2.45, 2.75) is 6.42 Å². The Labute approximate surface area is 120 Å². The second kappa shape index (κ2) is 5.11. The van der Waals surface area contributed by atoms with Gasteiger partial charge < -0.3 is 9.97 Å². The minimum Gasteiger partial charge on any atom is -0.367 e. The molecule has 0 aliphatic rings. The normalized spacial score (nSPS) is 10.8. The van der Waals surface area contributed by atoms with E-state index in [0.717, 1.165) is 23.5 Å². The van der Waals surface area contributed by atoms with E-state index in [0.29, 0.717) is 10.0 Å². The molecular formula is C14H11Cl2N3. The van der Waals surface area contributed by atoms with Gasteiger partial charge in [-0.2, -0.15) is 0 Å². The Kier molecular flexibility index (Phi) is 3.32. The van der Waals surface area contributed by atoms with Crippen molar-refractivity contribution in [2.24, 2.45) is 0 Å². The van der Waals surface area contributed by atoms with Crippen LogP contribution in [0.1, 0.15) is 11.4 Å². The monoisotopic (exact) mass is 291 g/mol. The third kappa shape index (κ3) is 2.67. The van der Waals surface area contributed by atoms with E-state index < -0.39 is 0 Å². The lowest BCUT2D eigenvalue weighted by molar-refractivity contribution is 1.03. The number of hydrogen-bond donors (Lipinski definition) is 2. The van der Waals surface area contributed by atoms with Gasteiger partial charge in [0.05, 0.1) is 21.9 Å². The fourth-order valence-corrected chi connectivity index (χ4v) is 2.22. The van der Waals surface area contributed by atoms with Crippen molar-refractivity contribution in [1.82, 2.24) is 15.0 Å². The highest BCUT2D eigenvalue weighted by Gasteiger charge is 2.06. The molecule has 0 saturated carbocycles. The summed E-state index contributed by atoms with van der Waals surface area (Å²) in [5.41, 5.74) is 3.10. The Hall–Kier alpha value is -1.71. The molecular weight excluding hydrogens is 281 g/mol. The van der Waals surface area contributed by atoms with Gasteiger partial charge in [-0.3, -0.25) is 0 Å². The Morgan fingerprint density at radius 2 is 2.00 bits per heavy atom. The second-order valence-corrected chi connectivity index (χ2v) is 5.08. The number of benzene rings is 1. The molecule has 5 heteroatoms. The van der Waals surface area contributed by atoms with Crippen molar-refractivity contribution < 1.29 is 0 Å². The number of H-pyrrole nitrogens is 2. The molecule has 2 N–H and O–H groups in total. The first-order chi connectivity index (χ1) is 9.22. The maximum atomic E-state index is 6.02. The highest BCUT2D eigenvalue weighted by molar-refractivity contribution is 6.42. The molecule has 3 aromatic rings. The van der Waals surface area contributed by atoms with E-state index in [1.807, 2.05) is 36.8 Å². The molecule has 0 bridgehead atoms. The molecule has 0 fully saturated rings. The molecule has 0 amide bonds. The Balaban J connectivity index is 1.86. The van der Waals surface area contributed by atoms with Gasteiger partial charge in [0, 0.05) is 24.4 Å².